The summed E-state index contributed by atoms with van der Waals surface area (Å²) in [6.45, 7) is 4.34. The molecule has 0 spiro atoms. The summed E-state index contributed by atoms with van der Waals surface area (Å²) in [5.41, 5.74) is 5.44. The third-order valence-electron chi connectivity index (χ3n) is 12.7. The van der Waals surface area contributed by atoms with Crippen molar-refractivity contribution in [3.63, 3.8) is 0 Å². The van der Waals surface area contributed by atoms with Crippen LogP contribution in [0, 0.1) is 22.7 Å². The summed E-state index contributed by atoms with van der Waals surface area (Å²) in [6, 6.07) is 19.9. The van der Waals surface area contributed by atoms with Crippen LogP contribution in [0.5, 0.6) is 0 Å². The Morgan fingerprint density at radius 3 is 1.48 bits per heavy atom. The van der Waals surface area contributed by atoms with Crippen LogP contribution in [0.4, 0.5) is 26.3 Å². The van der Waals surface area contributed by atoms with E-state index in [2.05, 4.69) is 48.6 Å². The van der Waals surface area contributed by atoms with E-state index in [1.807, 2.05) is 36.4 Å². The van der Waals surface area contributed by atoms with Crippen molar-refractivity contribution in [2.45, 2.75) is 85.6 Å². The molecular formula is C51H42F6N12O4S2. The molecule has 0 bridgehead atoms. The van der Waals surface area contributed by atoms with Gasteiger partial charge in [-0.1, -0.05) is 30.3 Å². The SMILES string of the molecule is C=CCN([C@@H](C)C(F)(F)F)S(=O)(=O)c1ccc(-c2c(C#N)c3ccc(C4CC4)cc3n2-c2ncccn2)nc1.C[C@H](NS(=O)(=O)c1ccc(-c2c(C#N)c3ccc(C4CC4)cc3n2-c2ncccn2)nc1)C(F)(F)F. The maximum absolute atomic E-state index is 13.4. The lowest BCUT2D eigenvalue weighted by molar-refractivity contribution is -0.165. The molecule has 6 heterocycles. The highest BCUT2D eigenvalue weighted by Crippen LogP contribution is 2.45. The fourth-order valence-electron chi connectivity index (χ4n) is 8.50. The Labute approximate surface area is 425 Å². The third kappa shape index (κ3) is 10.3. The van der Waals surface area contributed by atoms with Gasteiger partial charge in [0.2, 0.25) is 31.9 Å². The highest BCUT2D eigenvalue weighted by Gasteiger charge is 2.45. The number of nitrogens with zero attached hydrogens (tertiary/aromatic N) is 11. The Morgan fingerprint density at radius 1 is 0.680 bits per heavy atom. The molecule has 2 aliphatic rings. The molecule has 2 aromatic carbocycles. The fourth-order valence-corrected chi connectivity index (χ4v) is 11.2. The number of hydrogen-bond donors (Lipinski definition) is 1. The van der Waals surface area contributed by atoms with E-state index in [1.165, 1.54) is 18.2 Å². The Balaban J connectivity index is 0.000000184. The summed E-state index contributed by atoms with van der Waals surface area (Å²) in [7, 11) is -9.05. The van der Waals surface area contributed by atoms with Crippen LogP contribution >= 0.6 is 0 Å². The minimum absolute atomic E-state index is 0.237. The van der Waals surface area contributed by atoms with Crippen LogP contribution in [0.3, 0.4) is 0 Å². The number of pyridine rings is 2. The van der Waals surface area contributed by atoms with E-state index in [0.29, 0.717) is 79.3 Å². The van der Waals surface area contributed by atoms with Crippen molar-refractivity contribution in [2.75, 3.05) is 6.54 Å². The quantitative estimate of drug-likeness (QED) is 0.0795. The number of halogens is 6. The number of fused-ring (bicyclic) bond motifs is 2. The zero-order valence-corrected chi connectivity index (χ0v) is 41.3. The van der Waals surface area contributed by atoms with Gasteiger partial charge in [0.25, 0.3) is 0 Å². The van der Waals surface area contributed by atoms with Crippen LogP contribution in [0.15, 0.2) is 132 Å². The minimum atomic E-state index is -4.78. The maximum Gasteiger partial charge on any atom is 0.404 e. The van der Waals surface area contributed by atoms with Gasteiger partial charge in [-0.3, -0.25) is 19.1 Å². The third-order valence-corrected chi connectivity index (χ3v) is 16.2. The van der Waals surface area contributed by atoms with Crippen molar-refractivity contribution in [1.29, 1.82) is 10.5 Å². The van der Waals surface area contributed by atoms with E-state index in [1.54, 1.807) is 50.8 Å². The van der Waals surface area contributed by atoms with Crippen LogP contribution in [0.1, 0.15) is 73.6 Å². The second kappa shape index (κ2) is 20.1. The Kier molecular flexibility index (Phi) is 13.9. The Bertz CT molecular complexity index is 3780. The average Bonchev–Trinajstić information content (AvgIpc) is 4.36. The first-order valence-electron chi connectivity index (χ1n) is 23.1. The molecule has 16 nitrogen and oxygen atoms in total. The van der Waals surface area contributed by atoms with Crippen LogP contribution < -0.4 is 4.72 Å². The first kappa shape index (κ1) is 52.0. The normalized spacial score (nSPS) is 15.0. The molecule has 6 aromatic heterocycles. The van der Waals surface area contributed by atoms with Crippen LogP contribution in [0.2, 0.25) is 0 Å². The zero-order valence-electron chi connectivity index (χ0n) is 39.7. The summed E-state index contributed by atoms with van der Waals surface area (Å²) in [4.78, 5) is 25.1. The van der Waals surface area contributed by atoms with E-state index in [0.717, 1.165) is 68.3 Å². The number of rotatable bonds is 14. The van der Waals surface area contributed by atoms with Gasteiger partial charge in [-0.15, -0.1) is 6.58 Å². The topological polar surface area (TPSA) is 218 Å². The summed E-state index contributed by atoms with van der Waals surface area (Å²) < 4.78 is 135. The molecule has 24 heteroatoms. The summed E-state index contributed by atoms with van der Waals surface area (Å²) >= 11 is 0. The molecule has 0 amide bonds. The Hall–Kier alpha value is -7.90. The molecular weight excluding hydrogens is 1020 g/mol. The van der Waals surface area contributed by atoms with Crippen LogP contribution in [0.25, 0.3) is 56.5 Å². The van der Waals surface area contributed by atoms with Gasteiger partial charge >= 0.3 is 12.4 Å². The number of nitriles is 2. The number of alkyl halides is 6. The number of nitrogens with one attached hydrogen (secondary N) is 1. The highest BCUT2D eigenvalue weighted by atomic mass is 32.2. The molecule has 2 aliphatic carbocycles. The van der Waals surface area contributed by atoms with E-state index >= 15 is 0 Å². The van der Waals surface area contributed by atoms with E-state index in [4.69, 9.17) is 0 Å². The predicted octanol–water partition coefficient (Wildman–Crippen LogP) is 9.82. The summed E-state index contributed by atoms with van der Waals surface area (Å²) in [6.07, 6.45) is 4.13. The number of sulfonamides is 2. The van der Waals surface area contributed by atoms with Crippen molar-refractivity contribution < 1.29 is 43.2 Å². The van der Waals surface area contributed by atoms with Gasteiger partial charge in [-0.2, -0.15) is 45.9 Å². The monoisotopic (exact) mass is 1060 g/mol. The molecule has 2 saturated carbocycles. The van der Waals surface area contributed by atoms with Crippen LogP contribution in [-0.2, 0) is 20.0 Å². The summed E-state index contributed by atoms with van der Waals surface area (Å²) in [5.74, 6) is 1.49. The zero-order chi connectivity index (χ0) is 53.6. The van der Waals surface area contributed by atoms with Gasteiger partial charge in [-0.25, -0.2) is 36.8 Å². The molecule has 10 rings (SSSR count). The molecule has 2 fully saturated rings. The lowest BCUT2D eigenvalue weighted by Crippen LogP contribution is -2.46. The lowest BCUT2D eigenvalue weighted by Gasteiger charge is -2.28. The maximum atomic E-state index is 13.4. The van der Waals surface area contributed by atoms with E-state index in [9.17, 15) is 53.7 Å². The predicted molar refractivity (Wildman–Crippen MR) is 263 cm³/mol. The molecule has 2 atom stereocenters. The van der Waals surface area contributed by atoms with Crippen molar-refractivity contribution >= 4 is 41.9 Å². The Morgan fingerprint density at radius 2 is 1.12 bits per heavy atom. The van der Waals surface area contributed by atoms with Gasteiger partial charge in [0.15, 0.2) is 0 Å². The number of aromatic nitrogens is 8. The van der Waals surface area contributed by atoms with Crippen molar-refractivity contribution in [2.24, 2.45) is 0 Å². The minimum Gasteiger partial charge on any atom is -0.275 e. The smallest absolute Gasteiger partial charge is 0.275 e. The van der Waals surface area contributed by atoms with Gasteiger partial charge in [-0.05, 0) is 111 Å². The number of benzene rings is 2. The second-order valence-corrected chi connectivity index (χ2v) is 21.4. The van der Waals surface area contributed by atoms with Crippen molar-refractivity contribution in [1.82, 2.24) is 48.1 Å². The largest absolute Gasteiger partial charge is 0.404 e. The van der Waals surface area contributed by atoms with Gasteiger partial charge in [0.05, 0.1) is 44.9 Å². The first-order chi connectivity index (χ1) is 35.7. The van der Waals surface area contributed by atoms with Crippen molar-refractivity contribution in [3.05, 3.63) is 145 Å². The van der Waals surface area contributed by atoms with Gasteiger partial charge < -0.3 is 0 Å². The molecule has 8 aromatic rings. The summed E-state index contributed by atoms with van der Waals surface area (Å²) in [5, 5.41) is 21.5. The molecule has 0 aliphatic heterocycles. The number of hydrogen-bond acceptors (Lipinski definition) is 12. The second-order valence-electron chi connectivity index (χ2n) is 17.8. The first-order valence-corrected chi connectivity index (χ1v) is 26.0. The molecule has 1 N–H and O–H groups in total. The molecule has 384 valence electrons. The fraction of sp³-hybridized carbons (Fsp3) is 0.255. The molecule has 0 unspecified atom stereocenters. The van der Waals surface area contributed by atoms with Gasteiger partial charge in [0.1, 0.15) is 34.0 Å². The molecule has 0 radical (unpaired) electrons. The van der Waals surface area contributed by atoms with E-state index in [-0.39, 0.29) is 11.4 Å². The average molecular weight is 1070 g/mol. The molecule has 0 saturated heterocycles. The lowest BCUT2D eigenvalue weighted by atomic mass is 10.1. The molecule has 75 heavy (non-hydrogen) atoms. The highest BCUT2D eigenvalue weighted by molar-refractivity contribution is 7.89. The van der Waals surface area contributed by atoms with Gasteiger partial charge in [0, 0.05) is 54.5 Å². The van der Waals surface area contributed by atoms with Crippen LogP contribution in [-0.4, -0.2) is 91.2 Å². The standard InChI is InChI=1S/C27H23F3N6O2S.C24H19F3N6O2S/c1-3-13-35(17(2)27(28,29)30)39(37,38)20-8-10-23(34-16-20)25-22(15-31)21-9-7-19(18-5-6-18)14-24(21)36(25)26-32-11-4-12-33-26;1-14(24(25,26)27)32-36(34,35)17-6-8-20(31-13-17)22-19(12-28)18-7-5-16(15-3-4-15)11-21(18)33(22)23-29-9-2-10-30-23/h3-4,7-12,14,16-18H,1,5-6,13H2,2H3;2,5-11,13-15,32H,3-4H2,1H3/t17-;14-/m00/s1. The van der Waals surface area contributed by atoms with E-state index < -0.39 is 60.8 Å². The van der Waals surface area contributed by atoms with Crippen molar-refractivity contribution in [3.8, 4) is 46.8 Å².